The minimum absolute atomic E-state index is 0.171. The third-order valence-electron chi connectivity index (χ3n) is 5.39. The Balaban J connectivity index is 1.39. The monoisotopic (exact) mass is 377 g/mol. The average molecular weight is 377 g/mol. The first kappa shape index (κ1) is 16.8. The molecule has 0 spiro atoms. The number of hydrogen-bond acceptors (Lipinski definition) is 7. The number of aliphatic imine (C=N–C) groups is 1. The van der Waals surface area contributed by atoms with Crippen LogP contribution in [0.3, 0.4) is 0 Å². The van der Waals surface area contributed by atoms with Crippen molar-refractivity contribution in [1.29, 1.82) is 0 Å². The van der Waals surface area contributed by atoms with Gasteiger partial charge in [-0.25, -0.2) is 14.6 Å². The van der Waals surface area contributed by atoms with Crippen LogP contribution in [0.2, 0.25) is 0 Å². The molecule has 1 saturated heterocycles. The van der Waals surface area contributed by atoms with Crippen LogP contribution in [-0.4, -0.2) is 61.4 Å². The Kier molecular flexibility index (Phi) is 4.00. The van der Waals surface area contributed by atoms with Crippen molar-refractivity contribution >= 4 is 29.3 Å². The number of nitrogens with zero attached hydrogens (tertiary/aromatic N) is 7. The molecular formula is C19H19N7O2. The van der Waals surface area contributed by atoms with E-state index in [4.69, 9.17) is 0 Å². The Morgan fingerprint density at radius 3 is 3.11 bits per heavy atom. The third-order valence-corrected chi connectivity index (χ3v) is 5.39. The van der Waals surface area contributed by atoms with E-state index in [0.717, 1.165) is 5.57 Å². The number of carboxylic acids is 1. The maximum Gasteiger partial charge on any atom is 0.308 e. The summed E-state index contributed by atoms with van der Waals surface area (Å²) >= 11 is 0. The molecule has 1 N–H and O–H groups in total. The van der Waals surface area contributed by atoms with Gasteiger partial charge in [0.1, 0.15) is 5.82 Å². The number of aromatic nitrogens is 5. The van der Waals surface area contributed by atoms with Gasteiger partial charge in [-0.05, 0) is 18.1 Å². The van der Waals surface area contributed by atoms with Gasteiger partial charge < -0.3 is 10.0 Å². The summed E-state index contributed by atoms with van der Waals surface area (Å²) in [6.07, 6.45) is 14.6. The van der Waals surface area contributed by atoms with E-state index < -0.39 is 5.97 Å². The number of hydrogen-bond donors (Lipinski definition) is 1. The summed E-state index contributed by atoms with van der Waals surface area (Å²) in [5, 5.41) is 17.5. The van der Waals surface area contributed by atoms with E-state index in [1.54, 1.807) is 10.9 Å². The lowest BCUT2D eigenvalue weighted by atomic mass is 9.90. The second-order valence-electron chi connectivity index (χ2n) is 7.24. The van der Waals surface area contributed by atoms with E-state index >= 15 is 0 Å². The lowest BCUT2D eigenvalue weighted by Crippen LogP contribution is -2.23. The van der Waals surface area contributed by atoms with Crippen LogP contribution in [0.15, 0.2) is 47.1 Å². The largest absolute Gasteiger partial charge is 0.481 e. The first-order valence-corrected chi connectivity index (χ1v) is 9.30. The van der Waals surface area contributed by atoms with Gasteiger partial charge in [-0.2, -0.15) is 0 Å². The van der Waals surface area contributed by atoms with E-state index in [2.05, 4.69) is 49.6 Å². The summed E-state index contributed by atoms with van der Waals surface area (Å²) in [5.74, 6) is -0.201. The molecule has 1 aliphatic carbocycles. The highest BCUT2D eigenvalue weighted by Gasteiger charge is 2.29. The highest BCUT2D eigenvalue weighted by atomic mass is 16.4. The number of aliphatic carboxylic acids is 1. The zero-order chi connectivity index (χ0) is 19.1. The van der Waals surface area contributed by atoms with Crippen LogP contribution in [0, 0.1) is 11.8 Å². The number of carbonyl (C=O) groups is 1. The Morgan fingerprint density at radius 1 is 1.32 bits per heavy atom. The van der Waals surface area contributed by atoms with Gasteiger partial charge in [0.15, 0.2) is 5.65 Å². The van der Waals surface area contributed by atoms with Crippen LogP contribution in [0.25, 0.3) is 11.3 Å². The van der Waals surface area contributed by atoms with Crippen molar-refractivity contribution < 1.29 is 9.90 Å². The van der Waals surface area contributed by atoms with Crippen molar-refractivity contribution in [2.45, 2.75) is 19.0 Å². The average Bonchev–Trinajstić information content (AvgIpc) is 3.35. The van der Waals surface area contributed by atoms with Crippen LogP contribution in [0.4, 0.5) is 5.82 Å². The van der Waals surface area contributed by atoms with Crippen molar-refractivity contribution in [3.8, 4) is 0 Å². The van der Waals surface area contributed by atoms with Gasteiger partial charge in [-0.15, -0.1) is 5.10 Å². The number of rotatable bonds is 4. The zero-order valence-corrected chi connectivity index (χ0v) is 15.1. The maximum atomic E-state index is 11.2. The van der Waals surface area contributed by atoms with E-state index in [9.17, 15) is 9.90 Å². The van der Waals surface area contributed by atoms with Crippen molar-refractivity contribution in [1.82, 2.24) is 25.0 Å². The van der Waals surface area contributed by atoms with Crippen LogP contribution >= 0.6 is 0 Å². The van der Waals surface area contributed by atoms with Gasteiger partial charge in [0.05, 0.1) is 24.7 Å². The molecule has 28 heavy (non-hydrogen) atoms. The molecule has 0 aromatic carbocycles. The maximum absolute atomic E-state index is 11.2. The summed E-state index contributed by atoms with van der Waals surface area (Å²) in [6.45, 7) is 1.65. The lowest BCUT2D eigenvalue weighted by molar-refractivity contribution is -0.140. The Labute approximate surface area is 160 Å². The summed E-state index contributed by atoms with van der Waals surface area (Å²) in [5.41, 5.74) is 2.21. The molecule has 0 bridgehead atoms. The topological polar surface area (TPSA) is 109 Å². The van der Waals surface area contributed by atoms with Crippen molar-refractivity contribution in [3.63, 3.8) is 0 Å². The summed E-state index contributed by atoms with van der Waals surface area (Å²) in [6, 6.07) is 0.171. The lowest BCUT2D eigenvalue weighted by Gasteiger charge is -2.22. The fraction of sp³-hybridized carbons (Fsp3) is 0.368. The predicted molar refractivity (Wildman–Crippen MR) is 103 cm³/mol. The Hall–Kier alpha value is -3.36. The number of fused-ring (bicyclic) bond motifs is 2. The molecule has 3 atom stereocenters. The van der Waals surface area contributed by atoms with Gasteiger partial charge in [0.2, 0.25) is 5.65 Å². The van der Waals surface area contributed by atoms with Crippen LogP contribution < -0.4 is 4.90 Å². The van der Waals surface area contributed by atoms with Gasteiger partial charge in [0, 0.05) is 25.2 Å². The zero-order valence-electron chi connectivity index (χ0n) is 15.1. The summed E-state index contributed by atoms with van der Waals surface area (Å²) < 4.78 is 1.74. The van der Waals surface area contributed by atoms with Crippen LogP contribution in [0.1, 0.15) is 6.42 Å². The molecule has 0 radical (unpaired) electrons. The molecule has 2 aromatic heterocycles. The van der Waals surface area contributed by atoms with Crippen LogP contribution in [-0.2, 0) is 11.3 Å². The minimum atomic E-state index is -0.765. The van der Waals surface area contributed by atoms with Crippen molar-refractivity contribution in [2.75, 3.05) is 18.0 Å². The van der Waals surface area contributed by atoms with Gasteiger partial charge in [-0.1, -0.05) is 29.5 Å². The van der Waals surface area contributed by atoms with Crippen molar-refractivity contribution in [3.05, 3.63) is 42.2 Å². The van der Waals surface area contributed by atoms with Crippen LogP contribution in [0.5, 0.6) is 0 Å². The first-order chi connectivity index (χ1) is 13.7. The predicted octanol–water partition coefficient (Wildman–Crippen LogP) is 1.25. The number of allylic oxidation sites excluding steroid dienone is 3. The quantitative estimate of drug-likeness (QED) is 0.854. The highest BCUT2D eigenvalue weighted by Crippen LogP contribution is 2.25. The standard InChI is InChI=1S/C19H19N7O2/c27-19(28)14-5-7-25(11-14)16-9-21-17-18(22-16)26(24-23-17)10-12-3-4-15-13(8-12)2-1-6-20-15/h1-4,6,8-9,13-15H,5,7,10-11H2,(H,27,28). The number of dihydropyridines is 1. The molecule has 0 saturated carbocycles. The molecule has 5 rings (SSSR count). The molecule has 142 valence electrons. The van der Waals surface area contributed by atoms with Gasteiger partial charge in [-0.3, -0.25) is 9.79 Å². The Bertz CT molecular complexity index is 1050. The molecule has 2 aromatic rings. The fourth-order valence-electron chi connectivity index (χ4n) is 3.85. The molecule has 3 unspecified atom stereocenters. The number of carboxylic acid groups (broad SMARTS) is 1. The molecule has 3 aliphatic rings. The smallest absolute Gasteiger partial charge is 0.308 e. The SMILES string of the molecule is O=C(O)C1CCN(c2cnc3nnn(CC4=CC5C=CC=NC5C=C4)c3n2)C1. The second-order valence-corrected chi connectivity index (χ2v) is 7.24. The molecule has 1 fully saturated rings. The third kappa shape index (κ3) is 2.98. The van der Waals surface area contributed by atoms with Gasteiger partial charge in [0.25, 0.3) is 0 Å². The Morgan fingerprint density at radius 2 is 2.25 bits per heavy atom. The molecule has 9 nitrogen and oxygen atoms in total. The highest BCUT2D eigenvalue weighted by molar-refractivity contribution is 5.73. The summed E-state index contributed by atoms with van der Waals surface area (Å²) in [4.78, 5) is 26.7. The molecule has 9 heteroatoms. The minimum Gasteiger partial charge on any atom is -0.481 e. The van der Waals surface area contributed by atoms with E-state index in [1.165, 1.54) is 0 Å². The molecular weight excluding hydrogens is 358 g/mol. The fourth-order valence-corrected chi connectivity index (χ4v) is 3.85. The number of anilines is 1. The van der Waals surface area contributed by atoms with E-state index in [1.807, 2.05) is 17.2 Å². The van der Waals surface area contributed by atoms with E-state index in [0.29, 0.717) is 43.2 Å². The van der Waals surface area contributed by atoms with Gasteiger partial charge >= 0.3 is 5.97 Å². The molecule has 0 amide bonds. The van der Waals surface area contributed by atoms with E-state index in [-0.39, 0.29) is 17.9 Å². The second kappa shape index (κ2) is 6.66. The molecule has 4 heterocycles. The normalized spacial score (nSPS) is 25.9. The molecule has 2 aliphatic heterocycles. The first-order valence-electron chi connectivity index (χ1n) is 9.30. The van der Waals surface area contributed by atoms with Crippen molar-refractivity contribution in [2.24, 2.45) is 16.8 Å². The summed E-state index contributed by atoms with van der Waals surface area (Å²) in [7, 11) is 0.